The molecule has 0 saturated heterocycles. The molecule has 0 radical (unpaired) electrons. The van der Waals surface area contributed by atoms with Crippen LogP contribution in [-0.4, -0.2) is 14.7 Å². The van der Waals surface area contributed by atoms with Crippen molar-refractivity contribution < 1.29 is 5.11 Å². The molecule has 1 unspecified atom stereocenters. The van der Waals surface area contributed by atoms with Crippen LogP contribution in [0.1, 0.15) is 23.4 Å². The molecule has 17 heavy (non-hydrogen) atoms. The molecule has 0 bridgehead atoms. The highest BCUT2D eigenvalue weighted by molar-refractivity contribution is 7.99. The summed E-state index contributed by atoms with van der Waals surface area (Å²) in [4.78, 5) is 4.32. The molecule has 1 atom stereocenters. The first-order valence-electron chi connectivity index (χ1n) is 5.55. The summed E-state index contributed by atoms with van der Waals surface area (Å²) >= 11 is 1.70. The van der Waals surface area contributed by atoms with Crippen molar-refractivity contribution in [3.05, 3.63) is 47.8 Å². The number of imidazole rings is 1. The molecule has 3 nitrogen and oxygen atoms in total. The number of thioether (sulfide) groups is 1. The van der Waals surface area contributed by atoms with E-state index in [0.29, 0.717) is 5.25 Å². The number of rotatable bonds is 4. The summed E-state index contributed by atoms with van der Waals surface area (Å²) in [6.45, 7) is 2.19. The number of aliphatic hydroxyl groups is 1. The van der Waals surface area contributed by atoms with Crippen LogP contribution in [0.4, 0.5) is 0 Å². The number of hydrogen-bond donors (Lipinski definition) is 1. The molecule has 0 amide bonds. The number of nitrogens with zero attached hydrogens (tertiary/aromatic N) is 2. The lowest BCUT2D eigenvalue weighted by Crippen LogP contribution is -1.98. The molecule has 1 aromatic heterocycles. The first kappa shape index (κ1) is 12.2. The van der Waals surface area contributed by atoms with E-state index >= 15 is 0 Å². The van der Waals surface area contributed by atoms with E-state index in [0.717, 1.165) is 10.9 Å². The predicted octanol–water partition coefficient (Wildman–Crippen LogP) is 2.77. The predicted molar refractivity (Wildman–Crippen MR) is 69.8 cm³/mol. The molecule has 2 aromatic rings. The maximum absolute atomic E-state index is 9.11. The van der Waals surface area contributed by atoms with Crippen molar-refractivity contribution in [3.63, 3.8) is 0 Å². The molecule has 1 N–H and O–H groups in total. The summed E-state index contributed by atoms with van der Waals surface area (Å²) in [7, 11) is 1.93. The normalized spacial score (nSPS) is 12.6. The average Bonchev–Trinajstić information content (AvgIpc) is 2.71. The van der Waals surface area contributed by atoms with E-state index in [1.807, 2.05) is 29.8 Å². The van der Waals surface area contributed by atoms with Gasteiger partial charge in [0, 0.05) is 12.3 Å². The first-order valence-corrected chi connectivity index (χ1v) is 6.43. The highest BCUT2D eigenvalue weighted by Gasteiger charge is 2.12. The summed E-state index contributed by atoms with van der Waals surface area (Å²) in [6, 6.07) is 10.3. The Morgan fingerprint density at radius 3 is 2.65 bits per heavy atom. The van der Waals surface area contributed by atoms with Gasteiger partial charge >= 0.3 is 0 Å². The standard InChI is InChI=1S/C13H16N2OS/c1-10(11-6-4-3-5-7-11)17-13-14-8-12(9-16)15(13)2/h3-8,10,16H,9H2,1-2H3. The van der Waals surface area contributed by atoms with Gasteiger partial charge in [-0.1, -0.05) is 42.1 Å². The van der Waals surface area contributed by atoms with Crippen LogP contribution in [0.5, 0.6) is 0 Å². The van der Waals surface area contributed by atoms with Crippen LogP contribution < -0.4 is 0 Å². The fraction of sp³-hybridized carbons (Fsp3) is 0.308. The minimum atomic E-state index is 0.0315. The second-order valence-corrected chi connectivity index (χ2v) is 5.23. The van der Waals surface area contributed by atoms with Crippen LogP contribution in [0.25, 0.3) is 0 Å². The molecule has 0 fully saturated rings. The van der Waals surface area contributed by atoms with Gasteiger partial charge in [0.05, 0.1) is 18.5 Å². The SMILES string of the molecule is CC(Sc1ncc(CO)n1C)c1ccccc1. The molecule has 0 aliphatic carbocycles. The number of benzene rings is 1. The van der Waals surface area contributed by atoms with Gasteiger partial charge in [-0.25, -0.2) is 4.98 Å². The second kappa shape index (κ2) is 5.38. The zero-order valence-corrected chi connectivity index (χ0v) is 10.8. The molecule has 2 rings (SSSR count). The average molecular weight is 248 g/mol. The number of aromatic nitrogens is 2. The quantitative estimate of drug-likeness (QED) is 0.845. The van der Waals surface area contributed by atoms with Gasteiger partial charge in [0.2, 0.25) is 0 Å². The van der Waals surface area contributed by atoms with Gasteiger partial charge in [-0.15, -0.1) is 0 Å². The first-order chi connectivity index (χ1) is 8.22. The van der Waals surface area contributed by atoms with E-state index in [-0.39, 0.29) is 6.61 Å². The highest BCUT2D eigenvalue weighted by atomic mass is 32.2. The summed E-state index contributed by atoms with van der Waals surface area (Å²) in [5, 5.41) is 10.4. The summed E-state index contributed by atoms with van der Waals surface area (Å²) in [5.41, 5.74) is 2.12. The third-order valence-corrected chi connectivity index (χ3v) is 3.97. The lowest BCUT2D eigenvalue weighted by Gasteiger charge is -2.11. The Labute approximate surface area is 106 Å². The van der Waals surface area contributed by atoms with Crippen LogP contribution in [0.15, 0.2) is 41.7 Å². The fourth-order valence-corrected chi connectivity index (χ4v) is 2.63. The molecule has 0 aliphatic heterocycles. The molecule has 0 saturated carbocycles. The van der Waals surface area contributed by atoms with Crippen LogP contribution in [0.3, 0.4) is 0 Å². The molecule has 90 valence electrons. The van der Waals surface area contributed by atoms with E-state index in [9.17, 15) is 0 Å². The van der Waals surface area contributed by atoms with E-state index in [1.165, 1.54) is 5.56 Å². The smallest absolute Gasteiger partial charge is 0.168 e. The van der Waals surface area contributed by atoms with Gasteiger partial charge in [-0.2, -0.15) is 0 Å². The van der Waals surface area contributed by atoms with E-state index in [1.54, 1.807) is 18.0 Å². The van der Waals surface area contributed by atoms with Gasteiger partial charge in [0.25, 0.3) is 0 Å². The molecule has 1 aromatic carbocycles. The largest absolute Gasteiger partial charge is 0.390 e. The Morgan fingerprint density at radius 2 is 2.06 bits per heavy atom. The fourth-order valence-electron chi connectivity index (χ4n) is 1.63. The van der Waals surface area contributed by atoms with Crippen LogP contribution in [0.2, 0.25) is 0 Å². The zero-order valence-electron chi connectivity index (χ0n) is 10.00. The number of hydrogen-bond acceptors (Lipinski definition) is 3. The third kappa shape index (κ3) is 2.70. The topological polar surface area (TPSA) is 38.1 Å². The van der Waals surface area contributed by atoms with Crippen molar-refractivity contribution in [3.8, 4) is 0 Å². The Balaban J connectivity index is 2.13. The van der Waals surface area contributed by atoms with Crippen molar-refractivity contribution in [1.82, 2.24) is 9.55 Å². The monoisotopic (exact) mass is 248 g/mol. The summed E-state index contributed by atoms with van der Waals surface area (Å²) in [6.07, 6.45) is 1.72. The Morgan fingerprint density at radius 1 is 1.35 bits per heavy atom. The van der Waals surface area contributed by atoms with E-state index in [2.05, 4.69) is 24.0 Å². The minimum Gasteiger partial charge on any atom is -0.390 e. The van der Waals surface area contributed by atoms with Gasteiger partial charge in [0.15, 0.2) is 5.16 Å². The van der Waals surface area contributed by atoms with Gasteiger partial charge in [-0.05, 0) is 12.5 Å². The Hall–Kier alpha value is -1.26. The lowest BCUT2D eigenvalue weighted by atomic mass is 10.2. The lowest BCUT2D eigenvalue weighted by molar-refractivity contribution is 0.271. The second-order valence-electron chi connectivity index (χ2n) is 3.92. The van der Waals surface area contributed by atoms with Crippen molar-refractivity contribution >= 4 is 11.8 Å². The number of aliphatic hydroxyl groups excluding tert-OH is 1. The molecule has 0 aliphatic rings. The van der Waals surface area contributed by atoms with Crippen molar-refractivity contribution in [2.75, 3.05) is 0 Å². The zero-order chi connectivity index (χ0) is 12.3. The molecule has 4 heteroatoms. The van der Waals surface area contributed by atoms with E-state index in [4.69, 9.17) is 5.11 Å². The molecule has 1 heterocycles. The molecule has 0 spiro atoms. The summed E-state index contributed by atoms with van der Waals surface area (Å²) in [5.74, 6) is 0. The molecular formula is C13H16N2OS. The maximum Gasteiger partial charge on any atom is 0.168 e. The summed E-state index contributed by atoms with van der Waals surface area (Å²) < 4.78 is 1.93. The van der Waals surface area contributed by atoms with Gasteiger partial charge < -0.3 is 9.67 Å². The highest BCUT2D eigenvalue weighted by Crippen LogP contribution is 2.33. The van der Waals surface area contributed by atoms with E-state index < -0.39 is 0 Å². The van der Waals surface area contributed by atoms with Crippen LogP contribution in [0, 0.1) is 0 Å². The van der Waals surface area contributed by atoms with Gasteiger partial charge in [-0.3, -0.25) is 0 Å². The Kier molecular flexibility index (Phi) is 3.86. The van der Waals surface area contributed by atoms with Crippen LogP contribution >= 0.6 is 11.8 Å². The Bertz CT molecular complexity index is 481. The van der Waals surface area contributed by atoms with Crippen molar-refractivity contribution in [1.29, 1.82) is 0 Å². The minimum absolute atomic E-state index is 0.0315. The molecular weight excluding hydrogens is 232 g/mol. The van der Waals surface area contributed by atoms with Gasteiger partial charge in [0.1, 0.15) is 0 Å². The van der Waals surface area contributed by atoms with Crippen molar-refractivity contribution in [2.45, 2.75) is 23.9 Å². The maximum atomic E-state index is 9.11. The van der Waals surface area contributed by atoms with Crippen LogP contribution in [-0.2, 0) is 13.7 Å². The third-order valence-electron chi connectivity index (χ3n) is 2.75. The van der Waals surface area contributed by atoms with Crippen molar-refractivity contribution in [2.24, 2.45) is 7.05 Å².